The van der Waals surface area contributed by atoms with Crippen molar-refractivity contribution in [2.24, 2.45) is 17.8 Å². The molecule has 48 heavy (non-hydrogen) atoms. The molecule has 11 nitrogen and oxygen atoms in total. The third-order valence-electron chi connectivity index (χ3n) is 9.01. The van der Waals surface area contributed by atoms with Crippen molar-refractivity contribution in [1.29, 1.82) is 0 Å². The molecule has 0 spiro atoms. The lowest BCUT2D eigenvalue weighted by Crippen LogP contribution is -2.54. The van der Waals surface area contributed by atoms with Gasteiger partial charge in [0.2, 0.25) is 11.8 Å². The lowest BCUT2D eigenvalue weighted by atomic mass is 9.83. The highest BCUT2D eigenvalue weighted by Gasteiger charge is 2.47. The van der Waals surface area contributed by atoms with Crippen LogP contribution in [0, 0.1) is 17.8 Å². The summed E-state index contributed by atoms with van der Waals surface area (Å²) in [7, 11) is 0. The molecule has 1 heterocycles. The van der Waals surface area contributed by atoms with Gasteiger partial charge in [0, 0.05) is 6.54 Å². The summed E-state index contributed by atoms with van der Waals surface area (Å²) >= 11 is 0. The molecule has 2 fully saturated rings. The lowest BCUT2D eigenvalue weighted by Gasteiger charge is -2.29. The Morgan fingerprint density at radius 1 is 0.708 bits per heavy atom. The van der Waals surface area contributed by atoms with Crippen LogP contribution in [0.3, 0.4) is 0 Å². The Morgan fingerprint density at radius 2 is 1.21 bits per heavy atom. The second-order valence-electron chi connectivity index (χ2n) is 13.6. The van der Waals surface area contributed by atoms with Crippen molar-refractivity contribution in [3.05, 3.63) is 71.8 Å². The number of hydrogen-bond donors (Lipinski definition) is 4. The standard InChI is InChI=1S/C37H52N4O7/c1-24(2)31(40-36(44)46-22-27-16-10-6-11-17-27)34(42)38-21-30-33(48-30)29(20-26-14-8-5-9-15-26)39-35(43)32(25(3)4)41-37(45)47-23-28-18-12-7-13-19-28/h6-7,10-13,16-19,24-26,29-33H,5,8-9,14-15,20-23H2,1-4H3,(H,38,42)(H,39,43)(H,40,44)(H,41,45)/t29-,30-,31-,32-,33+/m0/s1. The summed E-state index contributed by atoms with van der Waals surface area (Å²) in [4.78, 5) is 51.9. The summed E-state index contributed by atoms with van der Waals surface area (Å²) in [6.45, 7) is 7.90. The van der Waals surface area contributed by atoms with Gasteiger partial charge >= 0.3 is 12.2 Å². The van der Waals surface area contributed by atoms with E-state index in [0.717, 1.165) is 43.2 Å². The summed E-state index contributed by atoms with van der Waals surface area (Å²) in [5, 5.41) is 11.5. The molecule has 4 amide bonds. The molecule has 0 aromatic heterocycles. The summed E-state index contributed by atoms with van der Waals surface area (Å²) in [5.74, 6) is -0.523. The Hall–Kier alpha value is -4.12. The zero-order valence-corrected chi connectivity index (χ0v) is 28.6. The molecule has 11 heteroatoms. The van der Waals surface area contributed by atoms with E-state index in [4.69, 9.17) is 14.2 Å². The van der Waals surface area contributed by atoms with Gasteiger partial charge < -0.3 is 35.5 Å². The number of alkyl carbamates (subject to hydrolysis) is 2. The topological polar surface area (TPSA) is 147 Å². The number of rotatable bonds is 16. The van der Waals surface area contributed by atoms with E-state index in [1.807, 2.05) is 88.4 Å². The van der Waals surface area contributed by atoms with Crippen LogP contribution in [0.1, 0.15) is 77.3 Å². The molecular formula is C37H52N4O7. The molecule has 0 bridgehead atoms. The maximum atomic E-state index is 13.6. The maximum absolute atomic E-state index is 13.6. The average Bonchev–Trinajstić information content (AvgIpc) is 3.87. The highest BCUT2D eigenvalue weighted by Crippen LogP contribution is 2.33. The number of carbonyl (C=O) groups excluding carboxylic acids is 4. The van der Waals surface area contributed by atoms with Crippen LogP contribution in [-0.2, 0) is 37.0 Å². The van der Waals surface area contributed by atoms with Gasteiger partial charge in [-0.3, -0.25) is 9.59 Å². The van der Waals surface area contributed by atoms with E-state index < -0.39 is 24.3 Å². The van der Waals surface area contributed by atoms with Crippen LogP contribution < -0.4 is 21.3 Å². The van der Waals surface area contributed by atoms with Gasteiger partial charge in [0.1, 0.15) is 37.5 Å². The van der Waals surface area contributed by atoms with E-state index in [0.29, 0.717) is 5.92 Å². The van der Waals surface area contributed by atoms with Crippen LogP contribution in [0.15, 0.2) is 60.7 Å². The third kappa shape index (κ3) is 11.8. The highest BCUT2D eigenvalue weighted by atomic mass is 16.6. The number of carbonyl (C=O) groups is 4. The van der Waals surface area contributed by atoms with Crippen LogP contribution in [0.5, 0.6) is 0 Å². The van der Waals surface area contributed by atoms with Gasteiger partial charge in [0.15, 0.2) is 0 Å². The van der Waals surface area contributed by atoms with E-state index in [-0.39, 0.29) is 61.7 Å². The largest absolute Gasteiger partial charge is 0.445 e. The normalized spacial score (nSPS) is 19.5. The molecule has 2 aromatic carbocycles. The molecule has 5 atom stereocenters. The SMILES string of the molecule is CC(C)[C@H](NC(=O)OCc1ccccc1)C(=O)NC[C@@H]1O[C@@H]1[C@H](CC1CCCCC1)NC(=O)[C@@H](NC(=O)OCc1ccccc1)C(C)C. The molecule has 1 aliphatic carbocycles. The van der Waals surface area contributed by atoms with Crippen molar-refractivity contribution in [2.75, 3.05) is 6.54 Å². The molecule has 1 saturated heterocycles. The molecule has 0 unspecified atom stereocenters. The van der Waals surface area contributed by atoms with E-state index >= 15 is 0 Å². The fourth-order valence-corrected chi connectivity index (χ4v) is 6.17. The molecule has 2 aromatic rings. The van der Waals surface area contributed by atoms with Gasteiger partial charge in [0.05, 0.1) is 6.04 Å². The van der Waals surface area contributed by atoms with Gasteiger partial charge in [-0.05, 0) is 35.3 Å². The predicted octanol–water partition coefficient (Wildman–Crippen LogP) is 5.23. The predicted molar refractivity (Wildman–Crippen MR) is 182 cm³/mol. The van der Waals surface area contributed by atoms with Crippen molar-refractivity contribution >= 4 is 24.0 Å². The monoisotopic (exact) mass is 664 g/mol. The Balaban J connectivity index is 1.30. The van der Waals surface area contributed by atoms with Crippen molar-refractivity contribution in [3.63, 3.8) is 0 Å². The zero-order chi connectivity index (χ0) is 34.5. The van der Waals surface area contributed by atoms with Gasteiger partial charge in [-0.1, -0.05) is 120 Å². The van der Waals surface area contributed by atoms with Gasteiger partial charge in [0.25, 0.3) is 0 Å². The minimum absolute atomic E-state index is 0.104. The molecular weight excluding hydrogens is 612 g/mol. The Bertz CT molecular complexity index is 1320. The van der Waals surface area contributed by atoms with Gasteiger partial charge in [-0.25, -0.2) is 9.59 Å². The molecule has 4 rings (SSSR count). The van der Waals surface area contributed by atoms with Crippen LogP contribution in [0.4, 0.5) is 9.59 Å². The Labute approximate surface area is 284 Å². The number of nitrogens with one attached hydrogen (secondary N) is 4. The number of ether oxygens (including phenoxy) is 3. The van der Waals surface area contributed by atoms with Crippen molar-refractivity contribution in [2.45, 2.75) is 110 Å². The number of benzene rings is 2. The summed E-state index contributed by atoms with van der Waals surface area (Å²) < 4.78 is 16.7. The second-order valence-corrected chi connectivity index (χ2v) is 13.6. The van der Waals surface area contributed by atoms with Gasteiger partial charge in [-0.15, -0.1) is 0 Å². The number of amides is 4. The first kappa shape index (κ1) is 36.7. The number of hydrogen-bond acceptors (Lipinski definition) is 7. The van der Waals surface area contributed by atoms with Crippen molar-refractivity contribution in [1.82, 2.24) is 21.3 Å². The molecule has 4 N–H and O–H groups in total. The maximum Gasteiger partial charge on any atom is 0.408 e. The van der Waals surface area contributed by atoms with Crippen molar-refractivity contribution in [3.8, 4) is 0 Å². The summed E-state index contributed by atoms with van der Waals surface area (Å²) in [6, 6.07) is 16.8. The second kappa shape index (κ2) is 18.4. The molecule has 0 radical (unpaired) electrons. The zero-order valence-electron chi connectivity index (χ0n) is 28.6. The smallest absolute Gasteiger partial charge is 0.408 e. The molecule has 2 aliphatic rings. The average molecular weight is 665 g/mol. The summed E-state index contributed by atoms with van der Waals surface area (Å²) in [5.41, 5.74) is 1.71. The molecule has 1 saturated carbocycles. The highest BCUT2D eigenvalue weighted by molar-refractivity contribution is 5.86. The minimum Gasteiger partial charge on any atom is -0.445 e. The molecule has 262 valence electrons. The van der Waals surface area contributed by atoms with E-state index in [2.05, 4.69) is 21.3 Å². The number of epoxide rings is 1. The lowest BCUT2D eigenvalue weighted by molar-refractivity contribution is -0.125. The van der Waals surface area contributed by atoms with Crippen LogP contribution in [0.2, 0.25) is 0 Å². The fourth-order valence-electron chi connectivity index (χ4n) is 6.17. The van der Waals surface area contributed by atoms with Crippen LogP contribution in [-0.4, -0.2) is 60.9 Å². The quantitative estimate of drug-likeness (QED) is 0.180. The Kier molecular flexibility index (Phi) is 14.1. The summed E-state index contributed by atoms with van der Waals surface area (Å²) in [6.07, 6.45) is 4.61. The Morgan fingerprint density at radius 3 is 1.71 bits per heavy atom. The van der Waals surface area contributed by atoms with E-state index in [9.17, 15) is 19.2 Å². The van der Waals surface area contributed by atoms with E-state index in [1.54, 1.807) is 0 Å². The first-order valence-corrected chi connectivity index (χ1v) is 17.3. The fraction of sp³-hybridized carbons (Fsp3) is 0.568. The van der Waals surface area contributed by atoms with Crippen LogP contribution >= 0.6 is 0 Å². The van der Waals surface area contributed by atoms with E-state index in [1.165, 1.54) is 6.42 Å². The first-order chi connectivity index (χ1) is 23.1. The van der Waals surface area contributed by atoms with Crippen molar-refractivity contribution < 1.29 is 33.4 Å². The first-order valence-electron chi connectivity index (χ1n) is 17.3. The van der Waals surface area contributed by atoms with Crippen LogP contribution in [0.25, 0.3) is 0 Å². The third-order valence-corrected chi connectivity index (χ3v) is 9.01. The minimum atomic E-state index is -0.793. The van der Waals surface area contributed by atoms with Gasteiger partial charge in [-0.2, -0.15) is 0 Å². The molecule has 1 aliphatic heterocycles.